The third-order valence-corrected chi connectivity index (χ3v) is 15.4. The van der Waals surface area contributed by atoms with Crippen molar-refractivity contribution in [2.45, 2.75) is 63.7 Å². The Morgan fingerprint density at radius 1 is 0.800 bits per heavy atom. The van der Waals surface area contributed by atoms with Gasteiger partial charge in [0.2, 0.25) is 0 Å². The number of fused-ring (bicyclic) bond motifs is 1. The fourth-order valence-corrected chi connectivity index (χ4v) is 11.7. The molecule has 0 aliphatic heterocycles. The minimum absolute atomic E-state index is 0.110. The van der Waals surface area contributed by atoms with Crippen molar-refractivity contribution in [3.63, 3.8) is 0 Å². The highest BCUT2D eigenvalue weighted by molar-refractivity contribution is 7.88. The van der Waals surface area contributed by atoms with Crippen molar-refractivity contribution in [1.82, 2.24) is 0 Å². The molecule has 45 heavy (non-hydrogen) atoms. The molecule has 0 aliphatic rings. The van der Waals surface area contributed by atoms with E-state index >= 15 is 4.39 Å². The lowest BCUT2D eigenvalue weighted by Crippen LogP contribution is -2.43. The van der Waals surface area contributed by atoms with Crippen molar-refractivity contribution in [3.05, 3.63) is 107 Å². The fourth-order valence-electron chi connectivity index (χ4n) is 6.03. The van der Waals surface area contributed by atoms with Crippen molar-refractivity contribution in [1.29, 1.82) is 0 Å². The lowest BCUT2D eigenvalue weighted by atomic mass is 10.0. The quantitative estimate of drug-likeness (QED) is 0.0475. The molecule has 0 heterocycles. The molecule has 4 aromatic rings. The largest absolute Gasteiger partial charge is 0.534 e. The molecule has 4 rings (SSSR count). The van der Waals surface area contributed by atoms with Gasteiger partial charge in [0.25, 0.3) is 0 Å². The second-order valence-electron chi connectivity index (χ2n) is 11.8. The molecule has 0 aliphatic carbocycles. The molecule has 0 fully saturated rings. The van der Waals surface area contributed by atoms with Crippen LogP contribution in [0.2, 0.25) is 16.6 Å². The molecule has 0 amide bonds. The molecule has 4 aromatic carbocycles. The van der Waals surface area contributed by atoms with Gasteiger partial charge in [-0.15, -0.1) is 5.54 Å². The van der Waals surface area contributed by atoms with Gasteiger partial charge in [0, 0.05) is 22.6 Å². The highest BCUT2D eigenvalue weighted by Gasteiger charge is 2.49. The topological polar surface area (TPSA) is 55.7 Å². The average molecular weight is 654 g/mol. The number of benzene rings is 4. The molecule has 0 saturated heterocycles. The first-order valence-electron chi connectivity index (χ1n) is 14.6. The maximum Gasteiger partial charge on any atom is 0.534 e. The third kappa shape index (κ3) is 7.00. The van der Waals surface area contributed by atoms with Gasteiger partial charge in [0.05, 0.1) is 17.0 Å². The molecule has 0 N–H and O–H groups in total. The SMILES string of the molecule is CC(C)[Si](C#Cc1c(F)ccc2cc(N=C(c3ccccc3)c3ccccc3)cc(OS(=O)(=O)C(F)(F)F)c12)(C(C)C)C(C)C. The first kappa shape index (κ1) is 33.9. The van der Waals surface area contributed by atoms with Crippen molar-refractivity contribution < 1.29 is 30.2 Å². The van der Waals surface area contributed by atoms with Crippen LogP contribution in [-0.2, 0) is 10.1 Å². The molecule has 10 heteroatoms. The lowest BCUT2D eigenvalue weighted by molar-refractivity contribution is -0.0499. The predicted octanol–water partition coefficient (Wildman–Crippen LogP) is 9.95. The van der Waals surface area contributed by atoms with E-state index in [0.29, 0.717) is 5.71 Å². The molecule has 0 aromatic heterocycles. The summed E-state index contributed by atoms with van der Waals surface area (Å²) in [5, 5.41) is 0.0510. The zero-order chi connectivity index (χ0) is 33.2. The zero-order valence-electron chi connectivity index (χ0n) is 25.9. The Morgan fingerprint density at radius 2 is 1.31 bits per heavy atom. The summed E-state index contributed by atoms with van der Waals surface area (Å²) >= 11 is 0. The Balaban J connectivity index is 2.07. The Kier molecular flexibility index (Phi) is 9.95. The van der Waals surface area contributed by atoms with Gasteiger partial charge in [-0.25, -0.2) is 9.38 Å². The van der Waals surface area contributed by atoms with Crippen LogP contribution in [-0.4, -0.2) is 27.7 Å². The fraction of sp³-hybridized carbons (Fsp3) is 0.286. The molecule has 4 nitrogen and oxygen atoms in total. The van der Waals surface area contributed by atoms with Crippen LogP contribution in [0.1, 0.15) is 58.2 Å². The zero-order valence-corrected chi connectivity index (χ0v) is 27.7. The molecule has 0 saturated carbocycles. The Bertz CT molecular complexity index is 1810. The Morgan fingerprint density at radius 3 is 1.78 bits per heavy atom. The van der Waals surface area contributed by atoms with E-state index in [-0.39, 0.29) is 38.6 Å². The Labute approximate surface area is 263 Å². The monoisotopic (exact) mass is 653 g/mol. The van der Waals surface area contributed by atoms with E-state index in [1.54, 1.807) is 6.07 Å². The number of nitrogens with zero attached hydrogens (tertiary/aromatic N) is 1. The maximum absolute atomic E-state index is 15.6. The van der Waals surface area contributed by atoms with Crippen molar-refractivity contribution >= 4 is 40.4 Å². The molecule has 0 spiro atoms. The molecular formula is C35H35F4NO3SSi. The van der Waals surface area contributed by atoms with Gasteiger partial charge in [-0.05, 0) is 34.1 Å². The summed E-state index contributed by atoms with van der Waals surface area (Å²) in [6.07, 6.45) is 0. The standard InChI is InChI=1S/C35H35F4NO3SSi/c1-23(2)45(24(3)4,25(5)6)20-19-30-31(36)18-17-28-21-29(22-32(33(28)30)43-44(41,42)35(37,38)39)40-34(26-13-9-7-10-14-26)27-15-11-8-12-16-27/h7-18,21-25H,1-6H3. The van der Waals surface area contributed by atoms with Crippen LogP contribution in [0.25, 0.3) is 10.8 Å². The number of halogens is 4. The lowest BCUT2D eigenvalue weighted by Gasteiger charge is -2.38. The summed E-state index contributed by atoms with van der Waals surface area (Å²) in [6.45, 7) is 12.5. The van der Waals surface area contributed by atoms with Crippen LogP contribution in [0.5, 0.6) is 5.75 Å². The van der Waals surface area contributed by atoms with E-state index in [0.717, 1.165) is 17.2 Å². The van der Waals surface area contributed by atoms with Crippen molar-refractivity contribution in [2.75, 3.05) is 0 Å². The minimum atomic E-state index is -6.12. The summed E-state index contributed by atoms with van der Waals surface area (Å²) in [7, 11) is -8.53. The van der Waals surface area contributed by atoms with Crippen molar-refractivity contribution in [2.24, 2.45) is 4.99 Å². The average Bonchev–Trinajstić information content (AvgIpc) is 2.97. The van der Waals surface area contributed by atoms with E-state index in [1.165, 1.54) is 12.1 Å². The minimum Gasteiger partial charge on any atom is -0.375 e. The molecular weight excluding hydrogens is 619 g/mol. The number of hydrogen-bond acceptors (Lipinski definition) is 4. The molecule has 0 radical (unpaired) electrons. The van der Waals surface area contributed by atoms with Gasteiger partial charge in [-0.3, -0.25) is 0 Å². The normalized spacial score (nSPS) is 12.4. The summed E-state index contributed by atoms with van der Waals surface area (Å²) in [5.74, 6) is 1.46. The van der Waals surface area contributed by atoms with Gasteiger partial charge in [0.15, 0.2) is 5.75 Å². The van der Waals surface area contributed by atoms with E-state index in [2.05, 4.69) is 53.0 Å². The summed E-state index contributed by atoms with van der Waals surface area (Å²) in [4.78, 5) is 4.75. The van der Waals surface area contributed by atoms with Gasteiger partial charge < -0.3 is 4.18 Å². The number of rotatable bonds is 8. The van der Waals surface area contributed by atoms with Gasteiger partial charge >= 0.3 is 15.6 Å². The van der Waals surface area contributed by atoms with E-state index < -0.39 is 35.3 Å². The van der Waals surface area contributed by atoms with Gasteiger partial charge in [-0.1, -0.05) is 114 Å². The van der Waals surface area contributed by atoms with Gasteiger partial charge in [-0.2, -0.15) is 21.6 Å². The highest BCUT2D eigenvalue weighted by atomic mass is 32.2. The van der Waals surface area contributed by atoms with Crippen molar-refractivity contribution in [3.8, 4) is 17.2 Å². The number of aliphatic imine (C=N–C) groups is 1. The van der Waals surface area contributed by atoms with E-state index in [9.17, 15) is 21.6 Å². The van der Waals surface area contributed by atoms with Crippen LogP contribution in [0.15, 0.2) is 89.9 Å². The van der Waals surface area contributed by atoms with E-state index in [1.807, 2.05) is 60.7 Å². The highest BCUT2D eigenvalue weighted by Crippen LogP contribution is 2.42. The van der Waals surface area contributed by atoms with Crippen LogP contribution < -0.4 is 4.18 Å². The molecule has 0 bridgehead atoms. The summed E-state index contributed by atoms with van der Waals surface area (Å²) in [6, 6.07) is 23.4. The number of alkyl halides is 3. The van der Waals surface area contributed by atoms with Crippen LogP contribution in [0.4, 0.5) is 23.2 Å². The van der Waals surface area contributed by atoms with Crippen LogP contribution >= 0.6 is 0 Å². The maximum atomic E-state index is 15.6. The third-order valence-electron chi connectivity index (χ3n) is 8.10. The van der Waals surface area contributed by atoms with E-state index in [4.69, 9.17) is 9.18 Å². The summed E-state index contributed by atoms with van der Waals surface area (Å²) in [5.41, 5.74) is 0.0682. The predicted molar refractivity (Wildman–Crippen MR) is 176 cm³/mol. The molecule has 0 atom stereocenters. The number of hydrogen-bond donors (Lipinski definition) is 0. The second kappa shape index (κ2) is 13.2. The van der Waals surface area contributed by atoms with Crippen LogP contribution in [0.3, 0.4) is 0 Å². The smallest absolute Gasteiger partial charge is 0.375 e. The first-order chi connectivity index (χ1) is 21.1. The van der Waals surface area contributed by atoms with Gasteiger partial charge in [0.1, 0.15) is 13.9 Å². The molecule has 236 valence electrons. The first-order valence-corrected chi connectivity index (χ1v) is 18.2. The summed E-state index contributed by atoms with van der Waals surface area (Å²) < 4.78 is 85.7. The second-order valence-corrected chi connectivity index (χ2v) is 18.9. The molecule has 0 unspecified atom stereocenters. The van der Waals surface area contributed by atoms with Crippen LogP contribution in [0, 0.1) is 17.3 Å². The Hall–Kier alpha value is -3.94.